The summed E-state index contributed by atoms with van der Waals surface area (Å²) in [6.45, 7) is 0.668. The molecule has 0 radical (unpaired) electrons. The summed E-state index contributed by atoms with van der Waals surface area (Å²) in [5.41, 5.74) is 0. The first-order valence-electron chi connectivity index (χ1n) is 5.36. The first-order chi connectivity index (χ1) is 8.53. The number of sulfonamides is 1. The molecule has 6 nitrogen and oxygen atoms in total. The van der Waals surface area contributed by atoms with Gasteiger partial charge in [-0.1, -0.05) is 6.07 Å². The summed E-state index contributed by atoms with van der Waals surface area (Å²) in [5.74, 6) is -0.298. The molecule has 1 aromatic rings. The van der Waals surface area contributed by atoms with Gasteiger partial charge in [0.25, 0.3) is 0 Å². The number of methoxy groups -OCH3 is 1. The highest BCUT2D eigenvalue weighted by Gasteiger charge is 2.08. The number of pyridine rings is 1. The van der Waals surface area contributed by atoms with Crippen LogP contribution in [0.4, 0.5) is 10.2 Å². The molecule has 2 N–H and O–H groups in total. The van der Waals surface area contributed by atoms with E-state index in [0.717, 1.165) is 0 Å². The monoisotopic (exact) mass is 277 g/mol. The number of ether oxygens (including phenoxy) is 1. The van der Waals surface area contributed by atoms with Crippen molar-refractivity contribution in [2.75, 3.05) is 37.9 Å². The third kappa shape index (κ3) is 5.89. The van der Waals surface area contributed by atoms with E-state index in [9.17, 15) is 12.8 Å². The van der Waals surface area contributed by atoms with Gasteiger partial charge in [-0.05, 0) is 12.1 Å². The molecule has 0 aliphatic rings. The van der Waals surface area contributed by atoms with Gasteiger partial charge in [-0.25, -0.2) is 18.1 Å². The van der Waals surface area contributed by atoms with Crippen molar-refractivity contribution < 1.29 is 17.5 Å². The van der Waals surface area contributed by atoms with Crippen LogP contribution in [-0.2, 0) is 14.8 Å². The zero-order chi connectivity index (χ0) is 13.4. The molecule has 0 aromatic carbocycles. The Morgan fingerprint density at radius 3 is 2.83 bits per heavy atom. The highest BCUT2D eigenvalue weighted by molar-refractivity contribution is 7.89. The Balaban J connectivity index is 2.26. The van der Waals surface area contributed by atoms with Crippen molar-refractivity contribution in [3.05, 3.63) is 24.1 Å². The maximum atomic E-state index is 12.7. The van der Waals surface area contributed by atoms with Crippen molar-refractivity contribution in [3.8, 4) is 0 Å². The van der Waals surface area contributed by atoms with E-state index >= 15 is 0 Å². The lowest BCUT2D eigenvalue weighted by Gasteiger charge is -2.07. The number of hydrogen-bond acceptors (Lipinski definition) is 5. The Hall–Kier alpha value is -1.25. The van der Waals surface area contributed by atoms with Crippen LogP contribution in [0.15, 0.2) is 18.2 Å². The molecule has 0 unspecified atom stereocenters. The van der Waals surface area contributed by atoms with Crippen molar-refractivity contribution in [2.45, 2.75) is 0 Å². The van der Waals surface area contributed by atoms with Gasteiger partial charge in [-0.15, -0.1) is 0 Å². The fraction of sp³-hybridized carbons (Fsp3) is 0.500. The molecular formula is C10H16FN3O3S. The molecule has 0 spiro atoms. The normalized spacial score (nSPS) is 11.4. The molecule has 0 bridgehead atoms. The Labute approximate surface area is 106 Å². The van der Waals surface area contributed by atoms with Crippen LogP contribution < -0.4 is 10.0 Å². The number of hydrogen-bond donors (Lipinski definition) is 2. The molecule has 8 heteroatoms. The molecule has 0 fully saturated rings. The molecule has 0 aliphatic carbocycles. The number of rotatable bonds is 8. The molecule has 0 saturated carbocycles. The van der Waals surface area contributed by atoms with E-state index in [0.29, 0.717) is 12.4 Å². The van der Waals surface area contributed by atoms with Crippen LogP contribution in [0.25, 0.3) is 0 Å². The summed E-state index contributed by atoms with van der Waals surface area (Å²) < 4.78 is 42.5. The minimum absolute atomic E-state index is 0.0816. The van der Waals surface area contributed by atoms with Crippen LogP contribution in [0, 0.1) is 5.95 Å². The van der Waals surface area contributed by atoms with Crippen molar-refractivity contribution in [3.63, 3.8) is 0 Å². The fourth-order valence-electron chi connectivity index (χ4n) is 1.17. The van der Waals surface area contributed by atoms with Crippen molar-refractivity contribution >= 4 is 15.8 Å². The molecule has 18 heavy (non-hydrogen) atoms. The standard InChI is InChI=1S/C10H16FN3O3S/c1-17-7-8-18(15,16)13-6-5-12-10-4-2-3-9(11)14-10/h2-4,13H,5-8H2,1H3,(H,12,14). The van der Waals surface area contributed by atoms with Gasteiger partial charge in [-0.3, -0.25) is 0 Å². The summed E-state index contributed by atoms with van der Waals surface area (Å²) in [6, 6.07) is 4.36. The number of halogens is 1. The topological polar surface area (TPSA) is 80.3 Å². The average molecular weight is 277 g/mol. The predicted octanol–water partition coefficient (Wildman–Crippen LogP) is 0.198. The van der Waals surface area contributed by atoms with Crippen LogP contribution in [0.1, 0.15) is 0 Å². The molecule has 1 aromatic heterocycles. The van der Waals surface area contributed by atoms with Crippen LogP contribution in [0.5, 0.6) is 0 Å². The highest BCUT2D eigenvalue weighted by atomic mass is 32.2. The summed E-state index contributed by atoms with van der Waals surface area (Å²) in [4.78, 5) is 3.58. The molecule has 0 atom stereocenters. The maximum absolute atomic E-state index is 12.7. The lowest BCUT2D eigenvalue weighted by Crippen LogP contribution is -2.32. The van der Waals surface area contributed by atoms with Gasteiger partial charge in [0, 0.05) is 20.2 Å². The first kappa shape index (κ1) is 14.8. The largest absolute Gasteiger partial charge is 0.384 e. The third-order valence-corrected chi connectivity index (χ3v) is 3.37. The SMILES string of the molecule is COCCS(=O)(=O)NCCNc1cccc(F)n1. The summed E-state index contributed by atoms with van der Waals surface area (Å²) >= 11 is 0. The summed E-state index contributed by atoms with van der Waals surface area (Å²) in [7, 11) is -1.88. The van der Waals surface area contributed by atoms with Gasteiger partial charge in [0.15, 0.2) is 0 Å². The van der Waals surface area contributed by atoms with Gasteiger partial charge < -0.3 is 10.1 Å². The smallest absolute Gasteiger partial charge is 0.214 e. The zero-order valence-corrected chi connectivity index (χ0v) is 10.8. The van der Waals surface area contributed by atoms with Crippen molar-refractivity contribution in [1.82, 2.24) is 9.71 Å². The Kier molecular flexibility index (Phi) is 5.96. The summed E-state index contributed by atoms with van der Waals surface area (Å²) in [6.07, 6.45) is 0. The van der Waals surface area contributed by atoms with Crippen molar-refractivity contribution in [2.24, 2.45) is 0 Å². The van der Waals surface area contributed by atoms with Crippen molar-refractivity contribution in [1.29, 1.82) is 0 Å². The molecule has 0 saturated heterocycles. The molecule has 1 rings (SSSR count). The van der Waals surface area contributed by atoms with E-state index in [1.54, 1.807) is 6.07 Å². The molecule has 1 heterocycles. The molecule has 0 aliphatic heterocycles. The quantitative estimate of drug-likeness (QED) is 0.524. The van der Waals surface area contributed by atoms with E-state index in [1.807, 2.05) is 0 Å². The second-order valence-electron chi connectivity index (χ2n) is 3.48. The minimum atomic E-state index is -3.32. The van der Waals surface area contributed by atoms with Crippen LogP contribution in [0.2, 0.25) is 0 Å². The predicted molar refractivity (Wildman–Crippen MR) is 66.4 cm³/mol. The van der Waals surface area contributed by atoms with Gasteiger partial charge in [0.2, 0.25) is 16.0 Å². The highest BCUT2D eigenvalue weighted by Crippen LogP contribution is 2.02. The molecule has 102 valence electrons. The van der Waals surface area contributed by atoms with E-state index in [1.165, 1.54) is 19.2 Å². The number of nitrogens with zero attached hydrogens (tertiary/aromatic N) is 1. The van der Waals surface area contributed by atoms with E-state index < -0.39 is 16.0 Å². The second-order valence-corrected chi connectivity index (χ2v) is 5.40. The first-order valence-corrected chi connectivity index (χ1v) is 7.01. The second kappa shape index (κ2) is 7.24. The fourth-order valence-corrected chi connectivity index (χ4v) is 2.11. The van der Waals surface area contributed by atoms with E-state index in [4.69, 9.17) is 0 Å². The Bertz CT molecular complexity index is 467. The third-order valence-electron chi connectivity index (χ3n) is 2.02. The van der Waals surface area contributed by atoms with E-state index in [-0.39, 0.29) is 18.9 Å². The lowest BCUT2D eigenvalue weighted by molar-refractivity contribution is 0.217. The minimum Gasteiger partial charge on any atom is -0.384 e. The van der Waals surface area contributed by atoms with Gasteiger partial charge in [-0.2, -0.15) is 4.39 Å². The van der Waals surface area contributed by atoms with E-state index in [2.05, 4.69) is 19.8 Å². The van der Waals surface area contributed by atoms with Gasteiger partial charge >= 0.3 is 0 Å². The number of anilines is 1. The van der Waals surface area contributed by atoms with Crippen LogP contribution >= 0.6 is 0 Å². The van der Waals surface area contributed by atoms with Crippen LogP contribution in [-0.4, -0.2) is 46.0 Å². The molecular weight excluding hydrogens is 261 g/mol. The van der Waals surface area contributed by atoms with Gasteiger partial charge in [0.05, 0.1) is 12.4 Å². The van der Waals surface area contributed by atoms with Gasteiger partial charge in [0.1, 0.15) is 5.82 Å². The average Bonchev–Trinajstić information content (AvgIpc) is 2.32. The Morgan fingerprint density at radius 1 is 1.39 bits per heavy atom. The Morgan fingerprint density at radius 2 is 2.17 bits per heavy atom. The number of nitrogens with one attached hydrogen (secondary N) is 2. The lowest BCUT2D eigenvalue weighted by atomic mass is 10.4. The number of aromatic nitrogens is 1. The summed E-state index contributed by atoms with van der Waals surface area (Å²) in [5, 5.41) is 2.80. The van der Waals surface area contributed by atoms with Crippen LogP contribution in [0.3, 0.4) is 0 Å². The molecule has 0 amide bonds. The maximum Gasteiger partial charge on any atom is 0.214 e. The zero-order valence-electron chi connectivity index (χ0n) is 10.0.